The highest BCUT2D eigenvalue weighted by Gasteiger charge is 2.42. The van der Waals surface area contributed by atoms with Crippen molar-refractivity contribution in [2.45, 2.75) is 11.9 Å². The van der Waals surface area contributed by atoms with Crippen molar-refractivity contribution in [3.63, 3.8) is 0 Å². The molecule has 5 heteroatoms. The third-order valence-electron chi connectivity index (χ3n) is 3.50. The van der Waals surface area contributed by atoms with Crippen LogP contribution < -0.4 is 0 Å². The van der Waals surface area contributed by atoms with Gasteiger partial charge in [0.2, 0.25) is 5.79 Å². The van der Waals surface area contributed by atoms with Crippen LogP contribution in [0.4, 0.5) is 0 Å². The molecule has 2 atom stereocenters. The molecule has 2 nitrogen and oxygen atoms in total. The first kappa shape index (κ1) is 15.5. The molecule has 0 spiro atoms. The van der Waals surface area contributed by atoms with Gasteiger partial charge in [-0.2, -0.15) is 0 Å². The third kappa shape index (κ3) is 3.20. The van der Waals surface area contributed by atoms with Crippen molar-refractivity contribution < 1.29 is 9.47 Å². The largest absolute Gasteiger partial charge is 0.342 e. The Hall–Kier alpha value is -0.390. The summed E-state index contributed by atoms with van der Waals surface area (Å²) in [6.07, 6.45) is -0.0775. The van der Waals surface area contributed by atoms with Crippen LogP contribution in [0.1, 0.15) is 17.2 Å². The molecule has 0 bridgehead atoms. The van der Waals surface area contributed by atoms with Crippen molar-refractivity contribution in [1.29, 1.82) is 0 Å². The maximum absolute atomic E-state index is 6.22. The van der Waals surface area contributed by atoms with E-state index in [0.29, 0.717) is 17.0 Å². The summed E-state index contributed by atoms with van der Waals surface area (Å²) in [5, 5.41) is 1.26. The van der Waals surface area contributed by atoms with Gasteiger partial charge in [-0.25, -0.2) is 0 Å². The van der Waals surface area contributed by atoms with Crippen LogP contribution >= 0.6 is 43.5 Å². The first-order chi connectivity index (χ1) is 10.1. The standard InChI is InChI=1S/C16H13Br2ClO2/c17-10-16(12-3-7-14(19)8-4-12)20-9-15(21-16)11-1-5-13(18)6-2-11/h1-8,15H,9-10H2/t15-,16-/m1/s1. The number of alkyl halides is 1. The van der Waals surface area contributed by atoms with Crippen LogP contribution in [0.5, 0.6) is 0 Å². The predicted molar refractivity (Wildman–Crippen MR) is 90.8 cm³/mol. The molecule has 0 radical (unpaired) electrons. The van der Waals surface area contributed by atoms with Gasteiger partial charge in [-0.15, -0.1) is 0 Å². The van der Waals surface area contributed by atoms with Crippen molar-refractivity contribution in [3.8, 4) is 0 Å². The Kier molecular flexibility index (Phi) is 4.71. The minimum atomic E-state index is -0.762. The third-order valence-corrected chi connectivity index (χ3v) is 5.02. The molecule has 110 valence electrons. The zero-order valence-corrected chi connectivity index (χ0v) is 15.0. The minimum Gasteiger partial charge on any atom is -0.342 e. The lowest BCUT2D eigenvalue weighted by atomic mass is 10.1. The molecule has 0 aliphatic carbocycles. The van der Waals surface area contributed by atoms with E-state index in [-0.39, 0.29) is 6.10 Å². The van der Waals surface area contributed by atoms with E-state index >= 15 is 0 Å². The number of halogens is 3. The van der Waals surface area contributed by atoms with Gasteiger partial charge in [-0.1, -0.05) is 67.7 Å². The van der Waals surface area contributed by atoms with Crippen LogP contribution in [-0.2, 0) is 15.3 Å². The van der Waals surface area contributed by atoms with Gasteiger partial charge in [0.05, 0.1) is 11.9 Å². The molecule has 2 aromatic carbocycles. The van der Waals surface area contributed by atoms with Crippen LogP contribution in [0.15, 0.2) is 53.0 Å². The number of hydrogen-bond acceptors (Lipinski definition) is 2. The molecule has 1 saturated heterocycles. The lowest BCUT2D eigenvalue weighted by Crippen LogP contribution is -2.29. The average molecular weight is 433 g/mol. The van der Waals surface area contributed by atoms with Gasteiger partial charge in [0.1, 0.15) is 6.10 Å². The summed E-state index contributed by atoms with van der Waals surface area (Å²) in [6, 6.07) is 15.7. The van der Waals surface area contributed by atoms with E-state index in [1.54, 1.807) is 0 Å². The monoisotopic (exact) mass is 430 g/mol. The molecule has 0 amide bonds. The number of ether oxygens (including phenoxy) is 2. The Morgan fingerprint density at radius 3 is 2.38 bits per heavy atom. The van der Waals surface area contributed by atoms with Crippen molar-refractivity contribution in [1.82, 2.24) is 0 Å². The van der Waals surface area contributed by atoms with Crippen molar-refractivity contribution in [3.05, 3.63) is 69.2 Å². The molecule has 1 heterocycles. The van der Waals surface area contributed by atoms with E-state index in [4.69, 9.17) is 21.1 Å². The molecule has 2 aromatic rings. The van der Waals surface area contributed by atoms with Crippen LogP contribution in [-0.4, -0.2) is 11.9 Å². The Morgan fingerprint density at radius 2 is 1.76 bits per heavy atom. The molecule has 1 fully saturated rings. The van der Waals surface area contributed by atoms with Gasteiger partial charge in [-0.3, -0.25) is 0 Å². The van der Waals surface area contributed by atoms with Gasteiger partial charge >= 0.3 is 0 Å². The molecular formula is C16H13Br2ClO2. The zero-order valence-electron chi connectivity index (χ0n) is 11.1. The van der Waals surface area contributed by atoms with E-state index in [9.17, 15) is 0 Å². The van der Waals surface area contributed by atoms with E-state index in [2.05, 4.69) is 31.9 Å². The minimum absolute atomic E-state index is 0.0775. The fraction of sp³-hybridized carbons (Fsp3) is 0.250. The second-order valence-corrected chi connectivity index (χ2v) is 6.78. The fourth-order valence-electron chi connectivity index (χ4n) is 2.35. The van der Waals surface area contributed by atoms with Crippen LogP contribution in [0, 0.1) is 0 Å². The Labute approximate surface area is 145 Å². The molecule has 0 saturated carbocycles. The highest BCUT2D eigenvalue weighted by molar-refractivity contribution is 9.10. The predicted octanol–water partition coefficient (Wildman–Crippen LogP) is 5.44. The van der Waals surface area contributed by atoms with Gasteiger partial charge in [0.25, 0.3) is 0 Å². The molecule has 3 rings (SSSR count). The average Bonchev–Trinajstić information content (AvgIpc) is 2.94. The maximum atomic E-state index is 6.22. The number of benzene rings is 2. The van der Waals surface area contributed by atoms with Crippen LogP contribution in [0.3, 0.4) is 0 Å². The molecule has 21 heavy (non-hydrogen) atoms. The van der Waals surface area contributed by atoms with E-state index in [0.717, 1.165) is 15.6 Å². The summed E-state index contributed by atoms with van der Waals surface area (Å²) >= 11 is 12.9. The van der Waals surface area contributed by atoms with E-state index in [1.165, 1.54) is 0 Å². The van der Waals surface area contributed by atoms with E-state index in [1.807, 2.05) is 48.5 Å². The summed E-state index contributed by atoms with van der Waals surface area (Å²) in [7, 11) is 0. The SMILES string of the molecule is Clc1ccc([C@]2(CBr)OC[C@H](c3ccc(Br)cc3)O2)cc1. The zero-order chi connectivity index (χ0) is 14.9. The number of hydrogen-bond donors (Lipinski definition) is 0. The van der Waals surface area contributed by atoms with Crippen molar-refractivity contribution >= 4 is 43.5 Å². The summed E-state index contributed by atoms with van der Waals surface area (Å²) in [5.74, 6) is -0.762. The molecule has 1 aliphatic heterocycles. The molecule has 0 unspecified atom stereocenters. The van der Waals surface area contributed by atoms with E-state index < -0.39 is 5.79 Å². The van der Waals surface area contributed by atoms with Gasteiger partial charge < -0.3 is 9.47 Å². The fourth-order valence-corrected chi connectivity index (χ4v) is 3.36. The normalized spacial score (nSPS) is 25.2. The highest BCUT2D eigenvalue weighted by atomic mass is 79.9. The smallest absolute Gasteiger partial charge is 0.205 e. The summed E-state index contributed by atoms with van der Waals surface area (Å²) < 4.78 is 13.3. The van der Waals surface area contributed by atoms with Gasteiger partial charge in [0.15, 0.2) is 0 Å². The van der Waals surface area contributed by atoms with Gasteiger partial charge in [0, 0.05) is 15.1 Å². The summed E-state index contributed by atoms with van der Waals surface area (Å²) in [4.78, 5) is 0. The van der Waals surface area contributed by atoms with Crippen molar-refractivity contribution in [2.24, 2.45) is 0 Å². The topological polar surface area (TPSA) is 18.5 Å². The summed E-state index contributed by atoms with van der Waals surface area (Å²) in [6.45, 7) is 0.524. The van der Waals surface area contributed by atoms with Crippen LogP contribution in [0.2, 0.25) is 5.02 Å². The first-order valence-corrected chi connectivity index (χ1v) is 8.81. The Bertz CT molecular complexity index is 615. The highest BCUT2D eigenvalue weighted by Crippen LogP contribution is 2.42. The van der Waals surface area contributed by atoms with Crippen LogP contribution in [0.25, 0.3) is 0 Å². The number of rotatable bonds is 3. The second kappa shape index (κ2) is 6.39. The second-order valence-electron chi connectivity index (χ2n) is 4.86. The quantitative estimate of drug-likeness (QED) is 0.602. The first-order valence-electron chi connectivity index (χ1n) is 6.52. The molecular weight excluding hydrogens is 419 g/mol. The molecule has 0 N–H and O–H groups in total. The maximum Gasteiger partial charge on any atom is 0.205 e. The molecule has 0 aromatic heterocycles. The van der Waals surface area contributed by atoms with Crippen molar-refractivity contribution in [2.75, 3.05) is 11.9 Å². The molecule has 1 aliphatic rings. The van der Waals surface area contributed by atoms with Gasteiger partial charge in [-0.05, 0) is 29.8 Å². The summed E-state index contributed by atoms with van der Waals surface area (Å²) in [5.41, 5.74) is 2.07. The Balaban J connectivity index is 1.85. The lowest BCUT2D eigenvalue weighted by molar-refractivity contribution is -0.157. The lowest BCUT2D eigenvalue weighted by Gasteiger charge is -2.26. The Morgan fingerprint density at radius 1 is 1.10 bits per heavy atom.